The van der Waals surface area contributed by atoms with Crippen molar-refractivity contribution < 1.29 is 13.7 Å². The summed E-state index contributed by atoms with van der Waals surface area (Å²) < 4.78 is 18.3. The second-order valence-corrected chi connectivity index (χ2v) is 6.22. The fraction of sp³-hybridized carbons (Fsp3) is 0.0455. The molecule has 0 radical (unpaired) electrons. The highest BCUT2D eigenvalue weighted by Crippen LogP contribution is 2.24. The first kappa shape index (κ1) is 17.6. The number of hydrogen-bond donors (Lipinski definition) is 1. The first-order chi connectivity index (χ1) is 13.7. The zero-order valence-corrected chi connectivity index (χ0v) is 14.8. The van der Waals surface area contributed by atoms with Crippen LogP contribution in [0.3, 0.4) is 0 Å². The number of anilines is 1. The number of rotatable bonds is 5. The largest absolute Gasteiger partial charge is 0.334 e. The molecule has 0 aliphatic carbocycles. The van der Waals surface area contributed by atoms with Crippen LogP contribution < -0.4 is 5.32 Å². The topological polar surface area (TPSA) is 68.0 Å². The Bertz CT molecular complexity index is 1090. The normalized spacial score (nSPS) is 10.6. The Balaban J connectivity index is 1.49. The molecule has 0 spiro atoms. The molecule has 6 heteroatoms. The van der Waals surface area contributed by atoms with E-state index in [1.807, 2.05) is 36.4 Å². The van der Waals surface area contributed by atoms with E-state index in [0.717, 1.165) is 5.56 Å². The Labute approximate surface area is 160 Å². The lowest BCUT2D eigenvalue weighted by molar-refractivity contribution is -0.115. The summed E-state index contributed by atoms with van der Waals surface area (Å²) in [5.41, 5.74) is 2.92. The summed E-state index contributed by atoms with van der Waals surface area (Å²) in [5.74, 6) is 0.248. The van der Waals surface area contributed by atoms with Gasteiger partial charge >= 0.3 is 0 Å². The Morgan fingerprint density at radius 3 is 2.50 bits per heavy atom. The molecule has 4 rings (SSSR count). The highest BCUT2D eigenvalue weighted by Gasteiger charge is 2.12. The molecule has 0 unspecified atom stereocenters. The van der Waals surface area contributed by atoms with Gasteiger partial charge in [0.1, 0.15) is 5.82 Å². The van der Waals surface area contributed by atoms with E-state index < -0.39 is 0 Å². The number of carbonyl (C=O) groups is 1. The molecule has 0 atom stereocenters. The molecule has 0 aliphatic heterocycles. The second-order valence-electron chi connectivity index (χ2n) is 6.22. The highest BCUT2D eigenvalue weighted by molar-refractivity contribution is 5.92. The van der Waals surface area contributed by atoms with E-state index in [2.05, 4.69) is 15.5 Å². The van der Waals surface area contributed by atoms with E-state index in [4.69, 9.17) is 4.52 Å². The maximum Gasteiger partial charge on any atom is 0.258 e. The average Bonchev–Trinajstić information content (AvgIpc) is 3.20. The van der Waals surface area contributed by atoms with E-state index in [0.29, 0.717) is 35.0 Å². The van der Waals surface area contributed by atoms with Crippen LogP contribution in [-0.4, -0.2) is 16.0 Å². The van der Waals surface area contributed by atoms with Crippen molar-refractivity contribution in [2.75, 3.05) is 5.32 Å². The van der Waals surface area contributed by atoms with Crippen LogP contribution in [0, 0.1) is 5.82 Å². The van der Waals surface area contributed by atoms with Crippen LogP contribution >= 0.6 is 0 Å². The molecular formula is C22H16FN3O2. The first-order valence-corrected chi connectivity index (χ1v) is 8.71. The third-order valence-electron chi connectivity index (χ3n) is 4.13. The van der Waals surface area contributed by atoms with Crippen molar-refractivity contribution in [3.05, 3.63) is 90.2 Å². The lowest BCUT2D eigenvalue weighted by Gasteiger charge is -2.06. The lowest BCUT2D eigenvalue weighted by Crippen LogP contribution is -2.14. The minimum Gasteiger partial charge on any atom is -0.334 e. The van der Waals surface area contributed by atoms with Gasteiger partial charge in [-0.25, -0.2) is 4.39 Å². The molecule has 1 heterocycles. The van der Waals surface area contributed by atoms with Gasteiger partial charge in [0.2, 0.25) is 11.7 Å². The van der Waals surface area contributed by atoms with E-state index >= 15 is 0 Å². The summed E-state index contributed by atoms with van der Waals surface area (Å²) in [7, 11) is 0. The zero-order valence-electron chi connectivity index (χ0n) is 14.8. The predicted molar refractivity (Wildman–Crippen MR) is 104 cm³/mol. The molecule has 1 aromatic heterocycles. The van der Waals surface area contributed by atoms with Crippen LogP contribution in [0.25, 0.3) is 22.8 Å². The van der Waals surface area contributed by atoms with Crippen molar-refractivity contribution >= 4 is 11.6 Å². The molecule has 28 heavy (non-hydrogen) atoms. The van der Waals surface area contributed by atoms with Crippen molar-refractivity contribution in [3.8, 4) is 22.8 Å². The number of aromatic nitrogens is 2. The number of halogens is 1. The van der Waals surface area contributed by atoms with Gasteiger partial charge in [-0.05, 0) is 42.0 Å². The Morgan fingerprint density at radius 1 is 0.929 bits per heavy atom. The number of nitrogens with zero attached hydrogens (tertiary/aromatic N) is 2. The molecule has 4 aromatic rings. The van der Waals surface area contributed by atoms with Gasteiger partial charge in [-0.3, -0.25) is 4.79 Å². The standard InChI is InChI=1S/C22H16FN3O2/c23-18-11-9-16(10-12-18)22-25-21(26-28-22)17-7-4-8-19(14-17)24-20(27)13-15-5-2-1-3-6-15/h1-12,14H,13H2,(H,24,27). The Hall–Kier alpha value is -3.80. The third-order valence-corrected chi connectivity index (χ3v) is 4.13. The van der Waals surface area contributed by atoms with Crippen molar-refractivity contribution in [1.29, 1.82) is 0 Å². The Kier molecular flexibility index (Phi) is 4.93. The van der Waals surface area contributed by atoms with Crippen LogP contribution in [0.1, 0.15) is 5.56 Å². The lowest BCUT2D eigenvalue weighted by atomic mass is 10.1. The fourth-order valence-electron chi connectivity index (χ4n) is 2.77. The quantitative estimate of drug-likeness (QED) is 0.549. The molecule has 5 nitrogen and oxygen atoms in total. The van der Waals surface area contributed by atoms with Crippen LogP contribution in [-0.2, 0) is 11.2 Å². The van der Waals surface area contributed by atoms with Gasteiger partial charge < -0.3 is 9.84 Å². The molecule has 1 N–H and O–H groups in total. The van der Waals surface area contributed by atoms with Gasteiger partial charge in [-0.1, -0.05) is 47.6 Å². The molecule has 0 saturated carbocycles. The zero-order chi connectivity index (χ0) is 19.3. The predicted octanol–water partition coefficient (Wildman–Crippen LogP) is 4.72. The highest BCUT2D eigenvalue weighted by atomic mass is 19.1. The molecule has 0 bridgehead atoms. The number of benzene rings is 3. The van der Waals surface area contributed by atoms with Gasteiger partial charge in [0.15, 0.2) is 0 Å². The maximum absolute atomic E-state index is 13.1. The number of amides is 1. The van der Waals surface area contributed by atoms with Crippen molar-refractivity contribution in [2.45, 2.75) is 6.42 Å². The molecule has 0 aliphatic rings. The minimum atomic E-state index is -0.331. The van der Waals surface area contributed by atoms with Gasteiger partial charge in [-0.15, -0.1) is 0 Å². The Morgan fingerprint density at radius 2 is 1.71 bits per heavy atom. The summed E-state index contributed by atoms with van der Waals surface area (Å²) in [4.78, 5) is 16.6. The molecule has 0 fully saturated rings. The summed E-state index contributed by atoms with van der Waals surface area (Å²) in [6, 6.07) is 22.6. The van der Waals surface area contributed by atoms with E-state index in [-0.39, 0.29) is 11.7 Å². The van der Waals surface area contributed by atoms with Crippen molar-refractivity contribution in [3.63, 3.8) is 0 Å². The number of nitrogens with one attached hydrogen (secondary N) is 1. The SMILES string of the molecule is O=C(Cc1ccccc1)Nc1cccc(-c2noc(-c3ccc(F)cc3)n2)c1. The number of carbonyl (C=O) groups excluding carboxylic acids is 1. The van der Waals surface area contributed by atoms with Crippen LogP contribution in [0.2, 0.25) is 0 Å². The second kappa shape index (κ2) is 7.84. The van der Waals surface area contributed by atoms with Crippen LogP contribution in [0.15, 0.2) is 83.4 Å². The van der Waals surface area contributed by atoms with E-state index in [9.17, 15) is 9.18 Å². The average molecular weight is 373 g/mol. The van der Waals surface area contributed by atoms with E-state index in [1.54, 1.807) is 30.3 Å². The summed E-state index contributed by atoms with van der Waals surface area (Å²) >= 11 is 0. The fourth-order valence-corrected chi connectivity index (χ4v) is 2.77. The number of hydrogen-bond acceptors (Lipinski definition) is 4. The van der Waals surface area contributed by atoms with Gasteiger partial charge in [-0.2, -0.15) is 4.98 Å². The molecular weight excluding hydrogens is 357 g/mol. The van der Waals surface area contributed by atoms with Crippen molar-refractivity contribution in [2.24, 2.45) is 0 Å². The smallest absolute Gasteiger partial charge is 0.258 e. The molecule has 0 saturated heterocycles. The van der Waals surface area contributed by atoms with Crippen LogP contribution in [0.4, 0.5) is 10.1 Å². The van der Waals surface area contributed by atoms with Gasteiger partial charge in [0, 0.05) is 16.8 Å². The minimum absolute atomic E-state index is 0.108. The summed E-state index contributed by atoms with van der Waals surface area (Å²) in [5, 5.41) is 6.86. The van der Waals surface area contributed by atoms with Gasteiger partial charge in [0.25, 0.3) is 5.89 Å². The summed E-state index contributed by atoms with van der Waals surface area (Å²) in [6.07, 6.45) is 0.294. The molecule has 138 valence electrons. The van der Waals surface area contributed by atoms with Crippen LogP contribution in [0.5, 0.6) is 0 Å². The van der Waals surface area contributed by atoms with Gasteiger partial charge in [0.05, 0.1) is 6.42 Å². The van der Waals surface area contributed by atoms with E-state index in [1.165, 1.54) is 12.1 Å². The first-order valence-electron chi connectivity index (χ1n) is 8.71. The monoisotopic (exact) mass is 373 g/mol. The third kappa shape index (κ3) is 4.12. The molecule has 1 amide bonds. The van der Waals surface area contributed by atoms with Crippen molar-refractivity contribution in [1.82, 2.24) is 10.1 Å². The summed E-state index contributed by atoms with van der Waals surface area (Å²) in [6.45, 7) is 0. The molecule has 3 aromatic carbocycles. The maximum atomic E-state index is 13.1.